The standard InChI is InChI=1S/C7H10O3.K/c1-7(2)4(3-8)5(7)6(9)10;/h3-5H,1-2H3,(H,9,10);/q;+1/p-1/t4-,5-;/m1./s1. The Kier molecular flexibility index (Phi) is 3.92. The van der Waals surface area contributed by atoms with Crippen molar-refractivity contribution in [2.24, 2.45) is 17.3 Å². The first-order valence-corrected chi connectivity index (χ1v) is 3.18. The van der Waals surface area contributed by atoms with Crippen LogP contribution in [-0.4, -0.2) is 12.3 Å². The van der Waals surface area contributed by atoms with Crippen molar-refractivity contribution in [1.82, 2.24) is 0 Å². The van der Waals surface area contributed by atoms with E-state index in [1.807, 2.05) is 0 Å². The van der Waals surface area contributed by atoms with Gasteiger partial charge in [-0.1, -0.05) is 13.8 Å². The van der Waals surface area contributed by atoms with Crippen LogP contribution in [0.15, 0.2) is 0 Å². The van der Waals surface area contributed by atoms with Crippen LogP contribution < -0.4 is 56.5 Å². The Bertz CT molecular complexity index is 188. The number of rotatable bonds is 2. The molecule has 56 valence electrons. The zero-order valence-electron chi connectivity index (χ0n) is 6.96. The maximum Gasteiger partial charge on any atom is 1.00 e. The van der Waals surface area contributed by atoms with Gasteiger partial charge in [0, 0.05) is 17.8 Å². The predicted molar refractivity (Wildman–Crippen MR) is 31.8 cm³/mol. The molecule has 0 aromatic rings. The summed E-state index contributed by atoms with van der Waals surface area (Å²) in [6.45, 7) is 3.51. The van der Waals surface area contributed by atoms with E-state index in [1.54, 1.807) is 13.8 Å². The van der Waals surface area contributed by atoms with E-state index in [4.69, 9.17) is 0 Å². The van der Waals surface area contributed by atoms with Gasteiger partial charge in [-0.15, -0.1) is 0 Å². The summed E-state index contributed by atoms with van der Waals surface area (Å²) in [5, 5.41) is 10.3. The third-order valence-electron chi connectivity index (χ3n) is 2.31. The molecule has 3 nitrogen and oxygen atoms in total. The molecule has 1 aliphatic rings. The van der Waals surface area contributed by atoms with Crippen molar-refractivity contribution in [2.45, 2.75) is 13.8 Å². The van der Waals surface area contributed by atoms with Crippen molar-refractivity contribution in [3.63, 3.8) is 0 Å². The van der Waals surface area contributed by atoms with Gasteiger partial charge in [0.2, 0.25) is 0 Å². The molecule has 0 aliphatic heterocycles. The molecule has 1 saturated carbocycles. The van der Waals surface area contributed by atoms with Gasteiger partial charge >= 0.3 is 51.4 Å². The van der Waals surface area contributed by atoms with Crippen LogP contribution in [0.2, 0.25) is 0 Å². The fourth-order valence-electron chi connectivity index (χ4n) is 1.38. The van der Waals surface area contributed by atoms with Gasteiger partial charge in [-0.2, -0.15) is 0 Å². The maximum absolute atomic E-state index is 10.3. The number of carboxylic acids is 1. The monoisotopic (exact) mass is 180 g/mol. The summed E-state index contributed by atoms with van der Waals surface area (Å²) in [6, 6.07) is 0. The van der Waals surface area contributed by atoms with Crippen LogP contribution >= 0.6 is 0 Å². The Balaban J connectivity index is 0.000001000. The first-order chi connectivity index (χ1) is 4.51. The van der Waals surface area contributed by atoms with E-state index in [0.717, 1.165) is 0 Å². The van der Waals surface area contributed by atoms with E-state index in [9.17, 15) is 14.7 Å². The number of hydrogen-bond acceptors (Lipinski definition) is 3. The summed E-state index contributed by atoms with van der Waals surface area (Å²) in [7, 11) is 0. The SMILES string of the molecule is CC1(C)[C@H](C=O)[C@@H]1C(=O)[O-].[K+]. The van der Waals surface area contributed by atoms with Crippen molar-refractivity contribution in [1.29, 1.82) is 0 Å². The second-order valence-corrected chi connectivity index (χ2v) is 3.28. The Hall–Kier alpha value is 0.776. The van der Waals surface area contributed by atoms with E-state index in [2.05, 4.69) is 0 Å². The third kappa shape index (κ3) is 1.92. The average molecular weight is 180 g/mol. The molecule has 0 heterocycles. The fraction of sp³-hybridized carbons (Fsp3) is 0.714. The van der Waals surface area contributed by atoms with Crippen molar-refractivity contribution in [2.75, 3.05) is 0 Å². The molecule has 1 rings (SSSR count). The van der Waals surface area contributed by atoms with E-state index < -0.39 is 11.9 Å². The molecule has 0 radical (unpaired) electrons. The van der Waals surface area contributed by atoms with Crippen molar-refractivity contribution in [3.05, 3.63) is 0 Å². The van der Waals surface area contributed by atoms with Gasteiger partial charge in [0.1, 0.15) is 6.29 Å². The third-order valence-corrected chi connectivity index (χ3v) is 2.31. The molecule has 0 aromatic heterocycles. The van der Waals surface area contributed by atoms with Crippen molar-refractivity contribution >= 4 is 12.3 Å². The molecular formula is C7H9KO3. The summed E-state index contributed by atoms with van der Waals surface area (Å²) in [5.41, 5.74) is -0.374. The Morgan fingerprint density at radius 1 is 1.55 bits per heavy atom. The van der Waals surface area contributed by atoms with Crippen LogP contribution in [-0.2, 0) is 9.59 Å². The molecule has 0 aromatic carbocycles. The normalized spacial score (nSPS) is 31.8. The summed E-state index contributed by atoms with van der Waals surface area (Å²) in [4.78, 5) is 20.5. The second-order valence-electron chi connectivity index (χ2n) is 3.28. The van der Waals surface area contributed by atoms with Crippen molar-refractivity contribution < 1.29 is 66.1 Å². The summed E-state index contributed by atoms with van der Waals surface area (Å²) < 4.78 is 0. The molecular weight excluding hydrogens is 171 g/mol. The van der Waals surface area contributed by atoms with Gasteiger partial charge in [-0.05, 0) is 5.41 Å². The van der Waals surface area contributed by atoms with Crippen LogP contribution in [0.1, 0.15) is 13.8 Å². The van der Waals surface area contributed by atoms with Gasteiger partial charge in [-0.25, -0.2) is 0 Å². The first kappa shape index (κ1) is 11.8. The molecule has 0 spiro atoms. The Morgan fingerprint density at radius 3 is 2.09 bits per heavy atom. The number of carbonyl (C=O) groups excluding carboxylic acids is 2. The zero-order valence-corrected chi connectivity index (χ0v) is 10.1. The number of aldehydes is 1. The topological polar surface area (TPSA) is 57.2 Å². The van der Waals surface area contributed by atoms with Gasteiger partial charge in [-0.3, -0.25) is 0 Å². The van der Waals surface area contributed by atoms with Crippen LogP contribution in [0.3, 0.4) is 0 Å². The number of carbonyl (C=O) groups is 2. The van der Waals surface area contributed by atoms with Crippen LogP contribution in [0.5, 0.6) is 0 Å². The van der Waals surface area contributed by atoms with E-state index >= 15 is 0 Å². The van der Waals surface area contributed by atoms with Gasteiger partial charge in [0.25, 0.3) is 0 Å². The van der Waals surface area contributed by atoms with E-state index in [1.165, 1.54) is 0 Å². The molecule has 0 saturated heterocycles. The quantitative estimate of drug-likeness (QED) is 0.323. The van der Waals surface area contributed by atoms with Crippen molar-refractivity contribution in [3.8, 4) is 0 Å². The van der Waals surface area contributed by atoms with Crippen LogP contribution in [0, 0.1) is 17.3 Å². The molecule has 11 heavy (non-hydrogen) atoms. The molecule has 0 amide bonds. The van der Waals surface area contributed by atoms with E-state index in [0.29, 0.717) is 6.29 Å². The molecule has 2 atom stereocenters. The first-order valence-electron chi connectivity index (χ1n) is 3.18. The summed E-state index contributed by atoms with van der Waals surface area (Å²) in [5.74, 6) is -2.01. The summed E-state index contributed by atoms with van der Waals surface area (Å²) >= 11 is 0. The smallest absolute Gasteiger partial charge is 0.550 e. The molecule has 0 N–H and O–H groups in total. The molecule has 1 aliphatic carbocycles. The second kappa shape index (κ2) is 3.66. The van der Waals surface area contributed by atoms with Gasteiger partial charge < -0.3 is 14.7 Å². The molecule has 0 bridgehead atoms. The Labute approximate surface area is 108 Å². The predicted octanol–water partition coefficient (Wildman–Crippen LogP) is -3.79. The number of aliphatic carboxylic acids is 1. The minimum Gasteiger partial charge on any atom is -0.550 e. The van der Waals surface area contributed by atoms with Gasteiger partial charge in [0.05, 0.1) is 0 Å². The zero-order chi connectivity index (χ0) is 7.94. The minimum absolute atomic E-state index is 0. The number of hydrogen-bond donors (Lipinski definition) is 0. The number of carboxylic acid groups (broad SMARTS) is 1. The Morgan fingerprint density at radius 2 is 2.00 bits per heavy atom. The largest absolute Gasteiger partial charge is 1.00 e. The average Bonchev–Trinajstić information content (AvgIpc) is 2.33. The molecule has 4 heteroatoms. The van der Waals surface area contributed by atoms with Gasteiger partial charge in [0.15, 0.2) is 0 Å². The summed E-state index contributed by atoms with van der Waals surface area (Å²) in [6.07, 6.45) is 0.695. The van der Waals surface area contributed by atoms with E-state index in [-0.39, 0.29) is 62.7 Å². The maximum atomic E-state index is 10.3. The fourth-order valence-corrected chi connectivity index (χ4v) is 1.38. The molecule has 1 fully saturated rings. The van der Waals surface area contributed by atoms with Crippen LogP contribution in [0.4, 0.5) is 0 Å². The van der Waals surface area contributed by atoms with Crippen LogP contribution in [0.25, 0.3) is 0 Å². The minimum atomic E-state index is -1.11. The molecule has 0 unspecified atom stereocenters.